The van der Waals surface area contributed by atoms with E-state index >= 15 is 0 Å². The first-order chi connectivity index (χ1) is 12.3. The summed E-state index contributed by atoms with van der Waals surface area (Å²) in [4.78, 5) is 12.4. The first kappa shape index (κ1) is 18.9. The topological polar surface area (TPSA) is 67.8 Å². The molecule has 0 aromatic heterocycles. The third-order valence-corrected chi connectivity index (χ3v) is 4.95. The highest BCUT2D eigenvalue weighted by atomic mass is 16.7. The SMILES string of the molecule is CC(C)(C)[C@H]1C=C(C(=O)NC2CC2)O[C@@H](OCc2ccc(CO)cc2)C1. The Labute approximate surface area is 155 Å². The fraction of sp³-hybridized carbons (Fsp3) is 0.571. The smallest absolute Gasteiger partial charge is 0.286 e. The number of benzene rings is 1. The standard InChI is InChI=1S/C21H29NO4/c1-21(2,3)16-10-18(20(24)22-17-8-9-17)26-19(11-16)25-13-15-6-4-14(12-23)5-7-15/h4-7,10,16-17,19,23H,8-9,11-13H2,1-3H3,(H,22,24)/t16-,19+/m0/s1. The van der Waals surface area contributed by atoms with Crippen molar-refractivity contribution in [2.24, 2.45) is 11.3 Å². The lowest BCUT2D eigenvalue weighted by Gasteiger charge is -2.36. The number of amides is 1. The van der Waals surface area contributed by atoms with Gasteiger partial charge in [0.1, 0.15) is 0 Å². The number of aliphatic hydroxyl groups is 1. The molecule has 2 aliphatic rings. The quantitative estimate of drug-likeness (QED) is 0.818. The van der Waals surface area contributed by atoms with Gasteiger partial charge in [-0.1, -0.05) is 45.0 Å². The molecule has 3 rings (SSSR count). The van der Waals surface area contributed by atoms with Gasteiger partial charge in [-0.2, -0.15) is 0 Å². The monoisotopic (exact) mass is 359 g/mol. The molecule has 1 aliphatic carbocycles. The second-order valence-corrected chi connectivity index (χ2v) is 8.32. The molecule has 1 saturated carbocycles. The van der Waals surface area contributed by atoms with Crippen LogP contribution in [-0.2, 0) is 27.5 Å². The van der Waals surface area contributed by atoms with Crippen LogP contribution in [0.5, 0.6) is 0 Å². The molecule has 0 saturated heterocycles. The van der Waals surface area contributed by atoms with Crippen molar-refractivity contribution in [3.63, 3.8) is 0 Å². The highest BCUT2D eigenvalue weighted by molar-refractivity contribution is 5.92. The molecule has 1 aromatic rings. The van der Waals surface area contributed by atoms with Crippen molar-refractivity contribution in [3.8, 4) is 0 Å². The number of ether oxygens (including phenoxy) is 2. The van der Waals surface area contributed by atoms with Crippen LogP contribution in [-0.4, -0.2) is 23.3 Å². The third kappa shape index (κ3) is 5.08. The number of carbonyl (C=O) groups excluding carboxylic acids is 1. The number of hydrogen-bond donors (Lipinski definition) is 2. The highest BCUT2D eigenvalue weighted by Crippen LogP contribution is 2.36. The predicted octanol–water partition coefficient (Wildman–Crippen LogP) is 3.27. The van der Waals surface area contributed by atoms with Crippen LogP contribution >= 0.6 is 0 Å². The van der Waals surface area contributed by atoms with Gasteiger partial charge in [0, 0.05) is 12.5 Å². The minimum Gasteiger partial charge on any atom is -0.459 e. The molecule has 0 spiro atoms. The maximum Gasteiger partial charge on any atom is 0.286 e. The maximum atomic E-state index is 12.4. The van der Waals surface area contributed by atoms with E-state index in [-0.39, 0.29) is 23.8 Å². The Morgan fingerprint density at radius 3 is 2.46 bits per heavy atom. The van der Waals surface area contributed by atoms with Crippen molar-refractivity contribution in [1.29, 1.82) is 0 Å². The van der Waals surface area contributed by atoms with E-state index in [4.69, 9.17) is 14.6 Å². The number of carbonyl (C=O) groups is 1. The van der Waals surface area contributed by atoms with Gasteiger partial charge in [-0.15, -0.1) is 0 Å². The molecule has 1 heterocycles. The van der Waals surface area contributed by atoms with Gasteiger partial charge < -0.3 is 19.9 Å². The minimum atomic E-state index is -0.443. The molecular weight excluding hydrogens is 330 g/mol. The molecule has 0 unspecified atom stereocenters. The van der Waals surface area contributed by atoms with E-state index in [2.05, 4.69) is 26.1 Å². The molecule has 2 N–H and O–H groups in total. The Balaban J connectivity index is 1.64. The number of allylic oxidation sites excluding steroid dienone is 1. The van der Waals surface area contributed by atoms with Gasteiger partial charge >= 0.3 is 0 Å². The van der Waals surface area contributed by atoms with Crippen LogP contribution in [0.1, 0.15) is 51.2 Å². The van der Waals surface area contributed by atoms with Gasteiger partial charge in [-0.3, -0.25) is 4.79 Å². The molecule has 5 heteroatoms. The highest BCUT2D eigenvalue weighted by Gasteiger charge is 2.35. The van der Waals surface area contributed by atoms with E-state index < -0.39 is 6.29 Å². The fourth-order valence-electron chi connectivity index (χ4n) is 2.94. The van der Waals surface area contributed by atoms with E-state index in [0.29, 0.717) is 18.4 Å². The average Bonchev–Trinajstić information content (AvgIpc) is 3.43. The lowest BCUT2D eigenvalue weighted by Crippen LogP contribution is -2.37. The van der Waals surface area contributed by atoms with E-state index in [0.717, 1.165) is 30.4 Å². The maximum absolute atomic E-state index is 12.4. The number of rotatable bonds is 6. The molecule has 142 valence electrons. The van der Waals surface area contributed by atoms with Crippen molar-refractivity contribution in [3.05, 3.63) is 47.2 Å². The van der Waals surface area contributed by atoms with Crippen LogP contribution in [0.3, 0.4) is 0 Å². The molecule has 0 bridgehead atoms. The van der Waals surface area contributed by atoms with Crippen molar-refractivity contribution in [2.45, 2.75) is 65.6 Å². The zero-order chi connectivity index (χ0) is 18.7. The van der Waals surface area contributed by atoms with Gasteiger partial charge in [0.2, 0.25) is 6.29 Å². The molecule has 5 nitrogen and oxygen atoms in total. The Morgan fingerprint density at radius 1 is 1.23 bits per heavy atom. The van der Waals surface area contributed by atoms with Gasteiger partial charge in [-0.25, -0.2) is 0 Å². The second kappa shape index (κ2) is 7.80. The first-order valence-electron chi connectivity index (χ1n) is 9.35. The van der Waals surface area contributed by atoms with Gasteiger partial charge in [0.25, 0.3) is 5.91 Å². The first-order valence-corrected chi connectivity index (χ1v) is 9.35. The van der Waals surface area contributed by atoms with Crippen molar-refractivity contribution >= 4 is 5.91 Å². The summed E-state index contributed by atoms with van der Waals surface area (Å²) in [6.45, 7) is 6.94. The van der Waals surface area contributed by atoms with Crippen molar-refractivity contribution in [2.75, 3.05) is 0 Å². The van der Waals surface area contributed by atoms with Gasteiger partial charge in [0.15, 0.2) is 5.76 Å². The van der Waals surface area contributed by atoms with Gasteiger partial charge in [-0.05, 0) is 41.4 Å². The lowest BCUT2D eigenvalue weighted by molar-refractivity contribution is -0.157. The number of nitrogens with one attached hydrogen (secondary N) is 1. The van der Waals surface area contributed by atoms with Crippen LogP contribution in [0.15, 0.2) is 36.1 Å². The summed E-state index contributed by atoms with van der Waals surface area (Å²) >= 11 is 0. The van der Waals surface area contributed by atoms with Crippen LogP contribution < -0.4 is 5.32 Å². The Morgan fingerprint density at radius 2 is 1.88 bits per heavy atom. The molecule has 26 heavy (non-hydrogen) atoms. The van der Waals surface area contributed by atoms with E-state index in [9.17, 15) is 4.79 Å². The summed E-state index contributed by atoms with van der Waals surface area (Å²) in [5.41, 5.74) is 1.91. The molecule has 1 aliphatic heterocycles. The molecule has 0 radical (unpaired) electrons. The van der Waals surface area contributed by atoms with Gasteiger partial charge in [0.05, 0.1) is 13.2 Å². The van der Waals surface area contributed by atoms with Crippen LogP contribution in [0.4, 0.5) is 0 Å². The molecule has 1 aromatic carbocycles. The number of hydrogen-bond acceptors (Lipinski definition) is 4. The zero-order valence-corrected chi connectivity index (χ0v) is 15.8. The minimum absolute atomic E-state index is 0.0271. The van der Waals surface area contributed by atoms with Crippen LogP contribution in [0, 0.1) is 11.3 Å². The summed E-state index contributed by atoms with van der Waals surface area (Å²) in [7, 11) is 0. The Bertz CT molecular complexity index is 656. The largest absolute Gasteiger partial charge is 0.459 e. The zero-order valence-electron chi connectivity index (χ0n) is 15.8. The summed E-state index contributed by atoms with van der Waals surface area (Å²) in [5.74, 6) is 0.448. The second-order valence-electron chi connectivity index (χ2n) is 8.32. The summed E-state index contributed by atoms with van der Waals surface area (Å²) in [5, 5.41) is 12.1. The van der Waals surface area contributed by atoms with E-state index in [1.165, 1.54) is 0 Å². The predicted molar refractivity (Wildman–Crippen MR) is 98.8 cm³/mol. The fourth-order valence-corrected chi connectivity index (χ4v) is 2.94. The van der Waals surface area contributed by atoms with Crippen LogP contribution in [0.2, 0.25) is 0 Å². The molecular formula is C21H29NO4. The van der Waals surface area contributed by atoms with E-state index in [1.807, 2.05) is 30.3 Å². The third-order valence-electron chi connectivity index (χ3n) is 4.95. The van der Waals surface area contributed by atoms with Crippen molar-refractivity contribution in [1.82, 2.24) is 5.32 Å². The average molecular weight is 359 g/mol. The molecule has 1 amide bonds. The number of aliphatic hydroxyl groups excluding tert-OH is 1. The van der Waals surface area contributed by atoms with E-state index in [1.54, 1.807) is 0 Å². The Hall–Kier alpha value is -1.85. The lowest BCUT2D eigenvalue weighted by atomic mass is 9.77. The summed E-state index contributed by atoms with van der Waals surface area (Å²) in [6, 6.07) is 7.93. The Kier molecular flexibility index (Phi) is 5.68. The summed E-state index contributed by atoms with van der Waals surface area (Å²) < 4.78 is 11.8. The molecule has 1 fully saturated rings. The molecule has 2 atom stereocenters. The van der Waals surface area contributed by atoms with Crippen molar-refractivity contribution < 1.29 is 19.4 Å². The normalized spacial score (nSPS) is 23.2. The summed E-state index contributed by atoms with van der Waals surface area (Å²) in [6.07, 6.45) is 4.32. The van der Waals surface area contributed by atoms with Crippen LogP contribution in [0.25, 0.3) is 0 Å².